The van der Waals surface area contributed by atoms with Gasteiger partial charge in [-0.15, -0.1) is 0 Å². The van der Waals surface area contributed by atoms with Gasteiger partial charge in [-0.3, -0.25) is 4.70 Å². The fourth-order valence-corrected chi connectivity index (χ4v) is 1.61. The highest BCUT2D eigenvalue weighted by Crippen LogP contribution is 2.22. The maximum atomic E-state index is 3.46. The molecule has 0 aromatic heterocycles. The standard InChI is InChI=1S/C10H13Br.FH/c1-7(2)10-6-9(11)5-4-8(10)3;/h4-7H,1-3H3;1H. The number of halogens is 2. The fraction of sp³-hybridized carbons (Fsp3) is 0.400. The molecule has 0 aliphatic rings. The van der Waals surface area contributed by atoms with E-state index in [0.717, 1.165) is 0 Å². The zero-order chi connectivity index (χ0) is 8.43. The van der Waals surface area contributed by atoms with Gasteiger partial charge < -0.3 is 0 Å². The van der Waals surface area contributed by atoms with E-state index >= 15 is 0 Å². The lowest BCUT2D eigenvalue weighted by molar-refractivity contribution is 0.855. The lowest BCUT2D eigenvalue weighted by Crippen LogP contribution is -1.90. The van der Waals surface area contributed by atoms with Gasteiger partial charge in [-0.2, -0.15) is 0 Å². The highest BCUT2D eigenvalue weighted by Gasteiger charge is 2.02. The number of benzene rings is 1. The van der Waals surface area contributed by atoms with Crippen molar-refractivity contribution >= 4 is 15.9 Å². The lowest BCUT2D eigenvalue weighted by Gasteiger charge is -2.09. The Bertz CT molecular complexity index is 256. The molecule has 0 bridgehead atoms. The van der Waals surface area contributed by atoms with Crippen molar-refractivity contribution in [2.24, 2.45) is 0 Å². The summed E-state index contributed by atoms with van der Waals surface area (Å²) in [4.78, 5) is 0. The molecule has 0 saturated heterocycles. The van der Waals surface area contributed by atoms with Gasteiger partial charge in [0.25, 0.3) is 0 Å². The minimum Gasteiger partial charge on any atom is -0.269 e. The Hall–Kier alpha value is -0.370. The Labute approximate surface area is 81.5 Å². The summed E-state index contributed by atoms with van der Waals surface area (Å²) in [7, 11) is 0. The summed E-state index contributed by atoms with van der Waals surface area (Å²) in [6.07, 6.45) is 0. The van der Waals surface area contributed by atoms with Gasteiger partial charge in [0, 0.05) is 4.47 Å². The van der Waals surface area contributed by atoms with E-state index in [-0.39, 0.29) is 4.70 Å². The second-order valence-corrected chi connectivity index (χ2v) is 4.07. The van der Waals surface area contributed by atoms with Gasteiger partial charge in [-0.05, 0) is 36.1 Å². The molecule has 0 heterocycles. The summed E-state index contributed by atoms with van der Waals surface area (Å²) in [6, 6.07) is 6.43. The zero-order valence-corrected chi connectivity index (χ0v) is 9.18. The van der Waals surface area contributed by atoms with E-state index in [0.29, 0.717) is 5.92 Å². The van der Waals surface area contributed by atoms with Crippen molar-refractivity contribution in [3.8, 4) is 0 Å². The monoisotopic (exact) mass is 232 g/mol. The normalized spacial score (nSPS) is 9.75. The van der Waals surface area contributed by atoms with Gasteiger partial charge in [-0.25, -0.2) is 0 Å². The molecule has 1 rings (SSSR count). The molecule has 0 saturated carbocycles. The number of hydrogen-bond acceptors (Lipinski definition) is 0. The van der Waals surface area contributed by atoms with Gasteiger partial charge in [0.05, 0.1) is 0 Å². The smallest absolute Gasteiger partial charge is 0.0178 e. The van der Waals surface area contributed by atoms with E-state index in [1.165, 1.54) is 15.6 Å². The Balaban J connectivity index is 0.00000121. The molecule has 0 radical (unpaired) electrons. The topological polar surface area (TPSA) is 0 Å². The van der Waals surface area contributed by atoms with Crippen LogP contribution in [-0.4, -0.2) is 0 Å². The van der Waals surface area contributed by atoms with Crippen LogP contribution in [0.2, 0.25) is 0 Å². The quantitative estimate of drug-likeness (QED) is 0.686. The molecular weight excluding hydrogens is 219 g/mol. The van der Waals surface area contributed by atoms with E-state index in [9.17, 15) is 0 Å². The third-order valence-electron chi connectivity index (χ3n) is 1.86. The molecule has 1 aromatic rings. The van der Waals surface area contributed by atoms with Crippen LogP contribution in [0.3, 0.4) is 0 Å². The van der Waals surface area contributed by atoms with Crippen molar-refractivity contribution < 1.29 is 4.70 Å². The maximum absolute atomic E-state index is 3.46. The highest BCUT2D eigenvalue weighted by atomic mass is 79.9. The molecule has 0 fully saturated rings. The van der Waals surface area contributed by atoms with Gasteiger partial charge in [-0.1, -0.05) is 35.8 Å². The molecule has 0 spiro atoms. The summed E-state index contributed by atoms with van der Waals surface area (Å²) in [5, 5.41) is 0. The van der Waals surface area contributed by atoms with E-state index < -0.39 is 0 Å². The van der Waals surface area contributed by atoms with Gasteiger partial charge in [0.15, 0.2) is 0 Å². The third-order valence-corrected chi connectivity index (χ3v) is 2.36. The van der Waals surface area contributed by atoms with Crippen LogP contribution in [0, 0.1) is 6.92 Å². The predicted molar refractivity (Wildman–Crippen MR) is 55.5 cm³/mol. The minimum atomic E-state index is 0. The molecule has 0 amide bonds. The molecule has 0 nitrogen and oxygen atoms in total. The molecule has 0 unspecified atom stereocenters. The average Bonchev–Trinajstić information content (AvgIpc) is 1.94. The first kappa shape index (κ1) is 11.6. The number of aryl methyl sites for hydroxylation is 1. The Morgan fingerprint density at radius 3 is 2.25 bits per heavy atom. The van der Waals surface area contributed by atoms with Crippen molar-refractivity contribution in [1.29, 1.82) is 0 Å². The lowest BCUT2D eigenvalue weighted by atomic mass is 9.98. The molecule has 12 heavy (non-hydrogen) atoms. The highest BCUT2D eigenvalue weighted by molar-refractivity contribution is 9.10. The van der Waals surface area contributed by atoms with Crippen LogP contribution in [0.4, 0.5) is 4.70 Å². The van der Waals surface area contributed by atoms with Crippen LogP contribution in [0.5, 0.6) is 0 Å². The summed E-state index contributed by atoms with van der Waals surface area (Å²) in [5.74, 6) is 0.618. The Kier molecular flexibility index (Phi) is 4.46. The second kappa shape index (κ2) is 4.61. The van der Waals surface area contributed by atoms with Crippen LogP contribution in [-0.2, 0) is 0 Å². The largest absolute Gasteiger partial charge is 0.269 e. The van der Waals surface area contributed by atoms with E-state index in [1.807, 2.05) is 0 Å². The second-order valence-electron chi connectivity index (χ2n) is 3.16. The molecule has 2 heteroatoms. The summed E-state index contributed by atoms with van der Waals surface area (Å²) < 4.78 is 1.17. The molecule has 0 aliphatic heterocycles. The van der Waals surface area contributed by atoms with Gasteiger partial charge >= 0.3 is 0 Å². The van der Waals surface area contributed by atoms with Crippen LogP contribution >= 0.6 is 15.9 Å². The van der Waals surface area contributed by atoms with Crippen molar-refractivity contribution in [1.82, 2.24) is 0 Å². The summed E-state index contributed by atoms with van der Waals surface area (Å²) in [5.41, 5.74) is 2.81. The SMILES string of the molecule is Cc1ccc(Br)cc1C(C)C.F. The molecule has 0 atom stereocenters. The first-order chi connectivity index (χ1) is 5.11. The van der Waals surface area contributed by atoms with E-state index in [4.69, 9.17) is 0 Å². The van der Waals surface area contributed by atoms with E-state index in [1.54, 1.807) is 0 Å². The number of rotatable bonds is 1. The summed E-state index contributed by atoms with van der Waals surface area (Å²) >= 11 is 3.46. The van der Waals surface area contributed by atoms with E-state index in [2.05, 4.69) is 54.9 Å². The molecule has 0 N–H and O–H groups in total. The first-order valence-electron chi connectivity index (χ1n) is 3.87. The van der Waals surface area contributed by atoms with Gasteiger partial charge in [0.1, 0.15) is 0 Å². The van der Waals surface area contributed by atoms with Crippen molar-refractivity contribution in [3.05, 3.63) is 33.8 Å². The predicted octanol–water partition coefficient (Wildman–Crippen LogP) is 4.03. The van der Waals surface area contributed by atoms with Crippen molar-refractivity contribution in [3.63, 3.8) is 0 Å². The fourth-order valence-electron chi connectivity index (χ4n) is 1.23. The molecular formula is C10H14BrF. The van der Waals surface area contributed by atoms with Crippen LogP contribution in [0.25, 0.3) is 0 Å². The average molecular weight is 233 g/mol. The Morgan fingerprint density at radius 2 is 1.83 bits per heavy atom. The molecule has 1 aromatic carbocycles. The van der Waals surface area contributed by atoms with Crippen molar-refractivity contribution in [2.45, 2.75) is 26.7 Å². The third kappa shape index (κ3) is 2.59. The molecule has 0 aliphatic carbocycles. The van der Waals surface area contributed by atoms with Crippen LogP contribution in [0.1, 0.15) is 30.9 Å². The number of hydrogen-bond donors (Lipinski definition) is 0. The van der Waals surface area contributed by atoms with Crippen LogP contribution in [0.15, 0.2) is 22.7 Å². The van der Waals surface area contributed by atoms with Gasteiger partial charge in [0.2, 0.25) is 0 Å². The first-order valence-corrected chi connectivity index (χ1v) is 4.66. The maximum Gasteiger partial charge on any atom is 0.0178 e. The zero-order valence-electron chi connectivity index (χ0n) is 7.60. The minimum absolute atomic E-state index is 0. The summed E-state index contributed by atoms with van der Waals surface area (Å²) in [6.45, 7) is 6.59. The van der Waals surface area contributed by atoms with Crippen LogP contribution < -0.4 is 0 Å². The Morgan fingerprint density at radius 1 is 1.25 bits per heavy atom. The molecule has 68 valence electrons. The van der Waals surface area contributed by atoms with Crippen molar-refractivity contribution in [2.75, 3.05) is 0 Å².